The van der Waals surface area contributed by atoms with E-state index in [1.807, 2.05) is 27.0 Å². The number of fused-ring (bicyclic) bond motifs is 1. The van der Waals surface area contributed by atoms with Crippen LogP contribution in [0.5, 0.6) is 0 Å². The van der Waals surface area contributed by atoms with Crippen LogP contribution in [0.4, 0.5) is 16.4 Å². The Labute approximate surface area is 216 Å². The van der Waals surface area contributed by atoms with Crippen molar-refractivity contribution >= 4 is 40.2 Å². The Morgan fingerprint density at radius 3 is 2.83 bits per heavy atom. The van der Waals surface area contributed by atoms with Crippen molar-refractivity contribution in [3.05, 3.63) is 35.6 Å². The van der Waals surface area contributed by atoms with E-state index >= 15 is 0 Å². The first kappa shape index (κ1) is 24.6. The lowest BCUT2D eigenvalue weighted by molar-refractivity contribution is 0.0206. The number of hydrogen-bond donors (Lipinski definition) is 2. The van der Waals surface area contributed by atoms with Gasteiger partial charge in [-0.2, -0.15) is 0 Å². The second-order valence-electron chi connectivity index (χ2n) is 10.3. The number of ether oxygens (including phenoxy) is 2. The van der Waals surface area contributed by atoms with Crippen LogP contribution in [0.15, 0.2) is 30.6 Å². The molecule has 4 heterocycles. The first-order valence-electron chi connectivity index (χ1n) is 12.5. The molecule has 5 rings (SSSR count). The number of H-pyrrole nitrogens is 1. The van der Waals surface area contributed by atoms with Gasteiger partial charge in [0.2, 0.25) is 5.95 Å². The minimum Gasteiger partial charge on any atom is -0.444 e. The Hall–Kier alpha value is -3.04. The second-order valence-corrected chi connectivity index (χ2v) is 10.7. The van der Waals surface area contributed by atoms with Gasteiger partial charge in [0.25, 0.3) is 0 Å². The highest BCUT2D eigenvalue weighted by Gasteiger charge is 2.28. The lowest BCUT2D eigenvalue weighted by Gasteiger charge is -2.34. The van der Waals surface area contributed by atoms with Crippen molar-refractivity contribution in [3.8, 4) is 11.3 Å². The number of halogens is 1. The van der Waals surface area contributed by atoms with Crippen molar-refractivity contribution in [2.45, 2.75) is 45.3 Å². The largest absolute Gasteiger partial charge is 0.444 e. The summed E-state index contributed by atoms with van der Waals surface area (Å²) in [6.07, 6.45) is 5.09. The van der Waals surface area contributed by atoms with Gasteiger partial charge in [0.05, 0.1) is 41.3 Å². The van der Waals surface area contributed by atoms with Crippen LogP contribution in [0.25, 0.3) is 22.2 Å². The fourth-order valence-electron chi connectivity index (χ4n) is 4.80. The number of anilines is 2. The molecule has 10 heteroatoms. The summed E-state index contributed by atoms with van der Waals surface area (Å²) >= 11 is 6.58. The molecule has 2 fully saturated rings. The lowest BCUT2D eigenvalue weighted by Crippen LogP contribution is -2.47. The number of amides is 1. The third-order valence-corrected chi connectivity index (χ3v) is 6.73. The molecule has 36 heavy (non-hydrogen) atoms. The van der Waals surface area contributed by atoms with Gasteiger partial charge in [-0.1, -0.05) is 23.7 Å². The Morgan fingerprint density at radius 2 is 2.06 bits per heavy atom. The lowest BCUT2D eigenvalue weighted by atomic mass is 10.1. The Balaban J connectivity index is 1.36. The molecule has 2 aromatic heterocycles. The number of piperidine rings is 1. The fourth-order valence-corrected chi connectivity index (χ4v) is 4.99. The van der Waals surface area contributed by atoms with Gasteiger partial charge in [0.15, 0.2) is 0 Å². The predicted octanol–water partition coefficient (Wildman–Crippen LogP) is 4.93. The van der Waals surface area contributed by atoms with Crippen LogP contribution in [0.2, 0.25) is 5.02 Å². The first-order valence-corrected chi connectivity index (χ1v) is 12.9. The minimum absolute atomic E-state index is 0.0242. The van der Waals surface area contributed by atoms with Gasteiger partial charge in [-0.3, -0.25) is 0 Å². The molecule has 0 bridgehead atoms. The highest BCUT2D eigenvalue weighted by molar-refractivity contribution is 6.33. The van der Waals surface area contributed by atoms with Gasteiger partial charge in [-0.25, -0.2) is 14.8 Å². The molecule has 192 valence electrons. The number of benzene rings is 1. The van der Waals surface area contributed by atoms with Crippen LogP contribution in [0, 0.1) is 0 Å². The second kappa shape index (κ2) is 10.1. The van der Waals surface area contributed by atoms with Crippen molar-refractivity contribution < 1.29 is 14.3 Å². The molecule has 1 atom stereocenters. The molecule has 0 aliphatic carbocycles. The molecule has 2 saturated heterocycles. The molecular weight excluding hydrogens is 480 g/mol. The number of hydrogen-bond acceptors (Lipinski definition) is 7. The maximum absolute atomic E-state index is 12.5. The number of nitrogens with one attached hydrogen (secondary N) is 2. The van der Waals surface area contributed by atoms with E-state index < -0.39 is 5.60 Å². The van der Waals surface area contributed by atoms with E-state index in [2.05, 4.69) is 38.4 Å². The molecule has 1 unspecified atom stereocenters. The number of carbonyl (C=O) groups is 1. The summed E-state index contributed by atoms with van der Waals surface area (Å²) in [5, 5.41) is 4.95. The van der Waals surface area contributed by atoms with Gasteiger partial charge in [0, 0.05) is 49.4 Å². The van der Waals surface area contributed by atoms with E-state index in [4.69, 9.17) is 26.1 Å². The van der Waals surface area contributed by atoms with Crippen LogP contribution in [0.1, 0.15) is 33.6 Å². The predicted molar refractivity (Wildman–Crippen MR) is 142 cm³/mol. The molecule has 0 radical (unpaired) electrons. The van der Waals surface area contributed by atoms with Gasteiger partial charge < -0.3 is 29.6 Å². The number of carbonyl (C=O) groups excluding carboxylic acids is 1. The summed E-state index contributed by atoms with van der Waals surface area (Å²) in [5.41, 5.74) is 3.27. The average molecular weight is 513 g/mol. The Morgan fingerprint density at radius 1 is 1.25 bits per heavy atom. The molecule has 1 amide bonds. The molecule has 0 saturated carbocycles. The van der Waals surface area contributed by atoms with E-state index in [0.29, 0.717) is 29.8 Å². The average Bonchev–Trinajstić information content (AvgIpc) is 3.29. The summed E-state index contributed by atoms with van der Waals surface area (Å²) in [6, 6.07) is 6.29. The van der Waals surface area contributed by atoms with Gasteiger partial charge >= 0.3 is 6.09 Å². The number of rotatable bonds is 4. The quantitative estimate of drug-likeness (QED) is 0.512. The Kier molecular flexibility index (Phi) is 6.94. The van der Waals surface area contributed by atoms with Crippen LogP contribution >= 0.6 is 11.6 Å². The topological polar surface area (TPSA) is 95.6 Å². The van der Waals surface area contributed by atoms with E-state index in [1.54, 1.807) is 11.1 Å². The molecule has 0 spiro atoms. The van der Waals surface area contributed by atoms with E-state index in [-0.39, 0.29) is 12.1 Å². The summed E-state index contributed by atoms with van der Waals surface area (Å²) in [6.45, 7) is 10.0. The monoisotopic (exact) mass is 512 g/mol. The highest BCUT2D eigenvalue weighted by atomic mass is 35.5. The van der Waals surface area contributed by atoms with Crippen molar-refractivity contribution in [2.75, 3.05) is 49.6 Å². The zero-order chi connectivity index (χ0) is 25.3. The molecule has 3 aromatic rings. The van der Waals surface area contributed by atoms with Crippen LogP contribution in [-0.4, -0.2) is 77.0 Å². The maximum atomic E-state index is 12.5. The molecular formula is C26H33ClN6O3. The molecule has 1 aromatic carbocycles. The number of para-hydroxylation sites is 1. The Bertz CT molecular complexity index is 1230. The van der Waals surface area contributed by atoms with E-state index in [1.165, 1.54) is 0 Å². The van der Waals surface area contributed by atoms with Crippen molar-refractivity contribution in [2.24, 2.45) is 0 Å². The standard InChI is InChI=1S/C26H33ClN6O3/c1-26(2,3)36-25(34)33-9-5-6-17(16-33)30-24-29-15-20(27)22(31-24)19-14-28-23-18(19)7-4-8-21(23)32-10-12-35-13-11-32/h4,7-8,14-15,17,28H,5-6,9-13,16H2,1-3H3,(H,29,30,31). The number of aromatic amines is 1. The number of likely N-dealkylation sites (tertiary alicyclic amines) is 1. The molecule has 9 nitrogen and oxygen atoms in total. The van der Waals surface area contributed by atoms with Gasteiger partial charge in [-0.15, -0.1) is 0 Å². The maximum Gasteiger partial charge on any atom is 0.410 e. The summed E-state index contributed by atoms with van der Waals surface area (Å²) < 4.78 is 11.1. The van der Waals surface area contributed by atoms with E-state index in [9.17, 15) is 4.79 Å². The smallest absolute Gasteiger partial charge is 0.410 e. The van der Waals surface area contributed by atoms with Crippen molar-refractivity contribution in [1.29, 1.82) is 0 Å². The SMILES string of the molecule is CC(C)(C)OC(=O)N1CCCC(Nc2ncc(Cl)c(-c3c[nH]c4c(N5CCOCC5)cccc34)n2)C1. The normalized spacial score (nSPS) is 18.9. The van der Waals surface area contributed by atoms with Gasteiger partial charge in [-0.05, 0) is 39.7 Å². The van der Waals surface area contributed by atoms with Crippen molar-refractivity contribution in [3.63, 3.8) is 0 Å². The summed E-state index contributed by atoms with van der Waals surface area (Å²) in [7, 11) is 0. The number of nitrogens with zero attached hydrogens (tertiary/aromatic N) is 4. The number of aromatic nitrogens is 3. The molecule has 2 aliphatic heterocycles. The van der Waals surface area contributed by atoms with Gasteiger partial charge in [0.1, 0.15) is 5.60 Å². The number of morpholine rings is 1. The van der Waals surface area contributed by atoms with E-state index in [0.717, 1.165) is 61.3 Å². The zero-order valence-electron chi connectivity index (χ0n) is 21.0. The third-order valence-electron chi connectivity index (χ3n) is 6.45. The van der Waals surface area contributed by atoms with Crippen molar-refractivity contribution in [1.82, 2.24) is 19.9 Å². The molecule has 2 aliphatic rings. The minimum atomic E-state index is -0.521. The third kappa shape index (κ3) is 5.37. The zero-order valence-corrected chi connectivity index (χ0v) is 21.8. The summed E-state index contributed by atoms with van der Waals surface area (Å²) in [5.74, 6) is 0.490. The summed E-state index contributed by atoms with van der Waals surface area (Å²) in [4.78, 5) is 29.3. The fraction of sp³-hybridized carbons (Fsp3) is 0.500. The first-order chi connectivity index (χ1) is 17.3. The van der Waals surface area contributed by atoms with Crippen LogP contribution in [0.3, 0.4) is 0 Å². The van der Waals surface area contributed by atoms with Crippen LogP contribution in [-0.2, 0) is 9.47 Å². The van der Waals surface area contributed by atoms with Crippen LogP contribution < -0.4 is 10.2 Å². The molecule has 2 N–H and O–H groups in total. The highest BCUT2D eigenvalue weighted by Crippen LogP contribution is 2.36.